The number of hydrogen-bond acceptors (Lipinski definition) is 0. The van der Waals surface area contributed by atoms with E-state index in [9.17, 15) is 0 Å². The predicted molar refractivity (Wildman–Crippen MR) is 148 cm³/mol. The van der Waals surface area contributed by atoms with Gasteiger partial charge in [0, 0.05) is 29.2 Å². The molecule has 4 aromatic carbocycles. The summed E-state index contributed by atoms with van der Waals surface area (Å²) in [7, 11) is 0. The summed E-state index contributed by atoms with van der Waals surface area (Å²) in [5.74, 6) is 8.78. The number of terminal acetylenes is 1. The lowest BCUT2D eigenvalue weighted by molar-refractivity contribution is 1.58. The molecule has 0 saturated carbocycles. The van der Waals surface area contributed by atoms with Gasteiger partial charge in [-0.1, -0.05) is 78.4 Å². The third-order valence-electron chi connectivity index (χ3n) is 3.75. The molecule has 0 aromatic heterocycles. The van der Waals surface area contributed by atoms with Crippen molar-refractivity contribution in [2.24, 2.45) is 0 Å². The van der Waals surface area contributed by atoms with Crippen LogP contribution in [0.15, 0.2) is 118 Å². The Bertz CT molecular complexity index is 1150. The Balaban J connectivity index is 0.000000181. The highest BCUT2D eigenvalue weighted by atomic mass is 127. The summed E-state index contributed by atoms with van der Waals surface area (Å²) in [4.78, 5) is 0. The molecule has 0 aliphatic heterocycles. The van der Waals surface area contributed by atoms with Crippen LogP contribution in [0, 0.1) is 27.8 Å². The van der Waals surface area contributed by atoms with E-state index in [4.69, 9.17) is 6.42 Å². The van der Waals surface area contributed by atoms with Crippen molar-refractivity contribution in [2.75, 3.05) is 0 Å². The van der Waals surface area contributed by atoms with Crippen LogP contribution >= 0.6 is 54.5 Å². The largest absolute Gasteiger partial charge is 0.115 e. The Morgan fingerprint density at radius 2 is 1.03 bits per heavy atom. The average Bonchev–Trinajstić information content (AvgIpc) is 2.82. The molecule has 4 rings (SSSR count). The average molecular weight is 642 g/mol. The summed E-state index contributed by atoms with van der Waals surface area (Å²) in [6.45, 7) is 0. The van der Waals surface area contributed by atoms with Gasteiger partial charge >= 0.3 is 0 Å². The van der Waals surface area contributed by atoms with Crippen molar-refractivity contribution >= 4 is 54.5 Å². The number of benzene rings is 4. The highest BCUT2D eigenvalue weighted by Crippen LogP contribution is 2.17. The molecule has 0 amide bonds. The lowest BCUT2D eigenvalue weighted by Gasteiger charge is -1.93. The van der Waals surface area contributed by atoms with Crippen molar-refractivity contribution in [1.82, 2.24) is 0 Å². The third-order valence-corrected chi connectivity index (χ3v) is 6.82. The van der Waals surface area contributed by atoms with Gasteiger partial charge in [0.2, 0.25) is 0 Å². The molecule has 0 heterocycles. The molecule has 0 unspecified atom stereocenters. The van der Waals surface area contributed by atoms with E-state index in [0.29, 0.717) is 0 Å². The zero-order valence-corrected chi connectivity index (χ0v) is 21.9. The van der Waals surface area contributed by atoms with E-state index in [-0.39, 0.29) is 0 Å². The van der Waals surface area contributed by atoms with Crippen LogP contribution in [0.1, 0.15) is 16.7 Å². The summed E-state index contributed by atoms with van der Waals surface area (Å²) in [5.41, 5.74) is 2.99. The van der Waals surface area contributed by atoms with Crippen LogP contribution < -0.4 is 0 Å². The molecule has 0 aliphatic rings. The molecule has 0 fully saturated rings. The molecule has 0 saturated heterocycles. The second-order valence-corrected chi connectivity index (χ2v) is 8.89. The molecule has 0 radical (unpaired) electrons. The van der Waals surface area contributed by atoms with Crippen molar-refractivity contribution in [1.29, 1.82) is 0 Å². The van der Waals surface area contributed by atoms with Gasteiger partial charge in [-0.2, -0.15) is 0 Å². The summed E-state index contributed by atoms with van der Waals surface area (Å²) in [6.07, 6.45) is 5.10. The molecule has 152 valence electrons. The molecule has 0 aliphatic carbocycles. The molecule has 0 N–H and O–H groups in total. The molecule has 0 bridgehead atoms. The van der Waals surface area contributed by atoms with Gasteiger partial charge < -0.3 is 0 Å². The monoisotopic (exact) mass is 640 g/mol. The number of rotatable bonds is 0. The van der Waals surface area contributed by atoms with Crippen molar-refractivity contribution in [3.8, 4) is 24.2 Å². The Morgan fingerprint density at radius 3 is 1.48 bits per heavy atom. The minimum atomic E-state index is 0.938. The van der Waals surface area contributed by atoms with Crippen LogP contribution in [-0.4, -0.2) is 0 Å². The summed E-state index contributed by atoms with van der Waals surface area (Å²) in [6, 6.07) is 35.7. The standard InChI is InChI=1S/C14H9Br.C8H6.C6H4BrI/c15-14-9-5-4-8-13(14)11-10-12-6-2-1-3-7-12;1-2-8-6-4-3-5-7-8;7-5-3-1-2-4-6(5)8/h1-9H;1,3-7H;1-4H. The Labute approximate surface area is 215 Å². The minimum absolute atomic E-state index is 0.938. The van der Waals surface area contributed by atoms with E-state index in [2.05, 4.69) is 78.3 Å². The van der Waals surface area contributed by atoms with Gasteiger partial charge in [-0.25, -0.2) is 0 Å². The van der Waals surface area contributed by atoms with Gasteiger partial charge in [0.15, 0.2) is 0 Å². The molecule has 0 nitrogen and oxygen atoms in total. The summed E-state index contributed by atoms with van der Waals surface area (Å²) < 4.78 is 3.46. The zero-order chi connectivity index (χ0) is 22.3. The maximum atomic E-state index is 5.10. The van der Waals surface area contributed by atoms with E-state index in [0.717, 1.165) is 21.2 Å². The first-order chi connectivity index (χ1) is 15.1. The second-order valence-electron chi connectivity index (χ2n) is 6.02. The maximum Gasteiger partial charge on any atom is 0.0391 e. The quantitative estimate of drug-likeness (QED) is 0.133. The molecule has 3 heteroatoms. The fourth-order valence-corrected chi connectivity index (χ4v) is 3.25. The van der Waals surface area contributed by atoms with Crippen LogP contribution in [0.4, 0.5) is 0 Å². The van der Waals surface area contributed by atoms with E-state index >= 15 is 0 Å². The fraction of sp³-hybridized carbons (Fsp3) is 0. The number of hydrogen-bond donors (Lipinski definition) is 0. The van der Waals surface area contributed by atoms with Crippen molar-refractivity contribution in [2.45, 2.75) is 0 Å². The fourth-order valence-electron chi connectivity index (χ4n) is 2.20. The summed E-state index contributed by atoms with van der Waals surface area (Å²) in [5, 5.41) is 0. The molecule has 0 atom stereocenters. The van der Waals surface area contributed by atoms with E-state index in [1.807, 2.05) is 103 Å². The zero-order valence-electron chi connectivity index (χ0n) is 16.6. The van der Waals surface area contributed by atoms with Crippen molar-refractivity contribution < 1.29 is 0 Å². The molecule has 0 spiro atoms. The molecule has 31 heavy (non-hydrogen) atoms. The highest BCUT2D eigenvalue weighted by molar-refractivity contribution is 14.1. The maximum absolute atomic E-state index is 5.10. The lowest BCUT2D eigenvalue weighted by Crippen LogP contribution is -1.76. The molecule has 4 aromatic rings. The number of halogens is 3. The van der Waals surface area contributed by atoms with Gasteiger partial charge in [0.05, 0.1) is 0 Å². The van der Waals surface area contributed by atoms with Crippen LogP contribution in [-0.2, 0) is 0 Å². The molecular formula is C28H19Br2I. The van der Waals surface area contributed by atoms with Crippen LogP contribution in [0.25, 0.3) is 0 Å². The first-order valence-corrected chi connectivity index (χ1v) is 12.0. The second kappa shape index (κ2) is 14.7. The molecular weight excluding hydrogens is 623 g/mol. The Hall–Kier alpha value is -2.31. The summed E-state index contributed by atoms with van der Waals surface area (Å²) >= 11 is 9.13. The highest BCUT2D eigenvalue weighted by Gasteiger charge is 1.92. The van der Waals surface area contributed by atoms with Gasteiger partial charge in [-0.3, -0.25) is 0 Å². The topological polar surface area (TPSA) is 0 Å². The van der Waals surface area contributed by atoms with Gasteiger partial charge in [0.25, 0.3) is 0 Å². The first-order valence-electron chi connectivity index (χ1n) is 9.33. The van der Waals surface area contributed by atoms with E-state index < -0.39 is 0 Å². The third kappa shape index (κ3) is 10.0. The smallest absolute Gasteiger partial charge is 0.0391 e. The lowest BCUT2D eigenvalue weighted by atomic mass is 10.2. The normalized spacial score (nSPS) is 8.84. The van der Waals surface area contributed by atoms with Gasteiger partial charge in [0.1, 0.15) is 0 Å². The predicted octanol–water partition coefficient (Wildman–Crippen LogP) is 8.57. The first kappa shape index (κ1) is 25.0. The SMILES string of the molecule is Brc1ccccc1C#Cc1ccccc1.Brc1ccccc1I.C#Cc1ccccc1. The van der Waals surface area contributed by atoms with Crippen molar-refractivity contribution in [3.05, 3.63) is 138 Å². The minimum Gasteiger partial charge on any atom is -0.115 e. The van der Waals surface area contributed by atoms with Crippen molar-refractivity contribution in [3.63, 3.8) is 0 Å². The van der Waals surface area contributed by atoms with E-state index in [1.54, 1.807) is 0 Å². The van der Waals surface area contributed by atoms with Crippen LogP contribution in [0.3, 0.4) is 0 Å². The Kier molecular flexibility index (Phi) is 11.8. The Morgan fingerprint density at radius 1 is 0.548 bits per heavy atom. The van der Waals surface area contributed by atoms with E-state index in [1.165, 1.54) is 8.04 Å². The van der Waals surface area contributed by atoms with Gasteiger partial charge in [-0.05, 0) is 103 Å². The van der Waals surface area contributed by atoms with Crippen LogP contribution in [0.2, 0.25) is 0 Å². The van der Waals surface area contributed by atoms with Gasteiger partial charge in [-0.15, -0.1) is 6.42 Å². The van der Waals surface area contributed by atoms with Crippen LogP contribution in [0.5, 0.6) is 0 Å².